The van der Waals surface area contributed by atoms with E-state index in [4.69, 9.17) is 11.6 Å². The van der Waals surface area contributed by atoms with Gasteiger partial charge in [0.1, 0.15) is 5.82 Å². The van der Waals surface area contributed by atoms with Gasteiger partial charge in [-0.1, -0.05) is 34.5 Å². The van der Waals surface area contributed by atoms with Crippen LogP contribution >= 0.6 is 38.9 Å². The molecule has 1 N–H and O–H groups in total. The molecule has 1 heterocycles. The predicted molar refractivity (Wildman–Crippen MR) is 83.6 cm³/mol. The fraction of sp³-hybridized carbons (Fsp3) is 0.286. The lowest BCUT2D eigenvalue weighted by Crippen LogP contribution is -2.22. The standard InChI is InChI=1S/C14H14BrClFNS/c1-2-18-13(8-12-3-4-14(16)19-12)9-5-10(15)7-11(17)6-9/h3-7,13,18H,2,8H2,1H3. The van der Waals surface area contributed by atoms with E-state index in [1.54, 1.807) is 17.4 Å². The van der Waals surface area contributed by atoms with Crippen LogP contribution in [0.15, 0.2) is 34.8 Å². The van der Waals surface area contributed by atoms with E-state index in [0.29, 0.717) is 0 Å². The number of hydrogen-bond acceptors (Lipinski definition) is 2. The van der Waals surface area contributed by atoms with Gasteiger partial charge in [0.2, 0.25) is 0 Å². The molecule has 1 aromatic carbocycles. The molecular weight excluding hydrogens is 349 g/mol. The van der Waals surface area contributed by atoms with Gasteiger partial charge in [-0.05, 0) is 42.4 Å². The molecule has 0 spiro atoms. The van der Waals surface area contributed by atoms with E-state index >= 15 is 0 Å². The molecule has 0 saturated heterocycles. The van der Waals surface area contributed by atoms with E-state index in [9.17, 15) is 4.39 Å². The molecule has 19 heavy (non-hydrogen) atoms. The van der Waals surface area contributed by atoms with Gasteiger partial charge in [-0.2, -0.15) is 0 Å². The second kappa shape index (κ2) is 6.84. The zero-order chi connectivity index (χ0) is 13.8. The highest BCUT2D eigenvalue weighted by Gasteiger charge is 2.14. The Kier molecular flexibility index (Phi) is 5.39. The number of halogens is 3. The van der Waals surface area contributed by atoms with Crippen molar-refractivity contribution < 1.29 is 4.39 Å². The molecule has 0 amide bonds. The van der Waals surface area contributed by atoms with E-state index < -0.39 is 0 Å². The summed E-state index contributed by atoms with van der Waals surface area (Å²) in [5, 5.41) is 3.39. The summed E-state index contributed by atoms with van der Waals surface area (Å²) < 4.78 is 15.0. The molecule has 0 bridgehead atoms. The van der Waals surface area contributed by atoms with Crippen molar-refractivity contribution in [3.05, 3.63) is 55.4 Å². The van der Waals surface area contributed by atoms with Gasteiger partial charge in [0.15, 0.2) is 0 Å². The molecule has 2 aromatic rings. The highest BCUT2D eigenvalue weighted by Crippen LogP contribution is 2.28. The Balaban J connectivity index is 2.23. The van der Waals surface area contributed by atoms with Gasteiger partial charge in [-0.25, -0.2) is 4.39 Å². The molecule has 0 saturated carbocycles. The zero-order valence-corrected chi connectivity index (χ0v) is 13.6. The minimum Gasteiger partial charge on any atom is -0.310 e. The third-order valence-electron chi connectivity index (χ3n) is 2.77. The van der Waals surface area contributed by atoms with Crippen molar-refractivity contribution in [1.29, 1.82) is 0 Å². The van der Waals surface area contributed by atoms with Crippen molar-refractivity contribution >= 4 is 38.9 Å². The van der Waals surface area contributed by atoms with Crippen LogP contribution in [-0.4, -0.2) is 6.54 Å². The average molecular weight is 363 g/mol. The van der Waals surface area contributed by atoms with E-state index in [0.717, 1.165) is 27.3 Å². The molecule has 0 fully saturated rings. The molecule has 102 valence electrons. The number of nitrogens with one attached hydrogen (secondary N) is 1. The van der Waals surface area contributed by atoms with Crippen LogP contribution in [0.4, 0.5) is 4.39 Å². The first kappa shape index (κ1) is 15.0. The Hall–Kier alpha value is -0.420. The highest BCUT2D eigenvalue weighted by molar-refractivity contribution is 9.10. The molecule has 0 aliphatic carbocycles. The van der Waals surface area contributed by atoms with E-state index in [2.05, 4.69) is 21.2 Å². The maximum Gasteiger partial charge on any atom is 0.124 e. The topological polar surface area (TPSA) is 12.0 Å². The average Bonchev–Trinajstić information content (AvgIpc) is 2.73. The normalized spacial score (nSPS) is 12.6. The summed E-state index contributed by atoms with van der Waals surface area (Å²) >= 11 is 10.8. The Labute approximate surface area is 129 Å². The summed E-state index contributed by atoms with van der Waals surface area (Å²) in [6.45, 7) is 2.88. The Morgan fingerprint density at radius 2 is 2.16 bits per heavy atom. The summed E-state index contributed by atoms with van der Waals surface area (Å²) in [7, 11) is 0. The lowest BCUT2D eigenvalue weighted by molar-refractivity contribution is 0.545. The summed E-state index contributed by atoms with van der Waals surface area (Å²) in [6, 6.07) is 9.00. The predicted octanol–water partition coefficient (Wildman–Crippen LogP) is 5.20. The van der Waals surface area contributed by atoms with Gasteiger partial charge < -0.3 is 5.32 Å². The van der Waals surface area contributed by atoms with Crippen LogP contribution in [0.25, 0.3) is 0 Å². The van der Waals surface area contributed by atoms with Crippen LogP contribution < -0.4 is 5.32 Å². The quantitative estimate of drug-likeness (QED) is 0.771. The second-order valence-electron chi connectivity index (χ2n) is 4.22. The maximum atomic E-state index is 13.5. The Morgan fingerprint density at radius 1 is 1.37 bits per heavy atom. The molecule has 0 radical (unpaired) electrons. The van der Waals surface area contributed by atoms with Crippen LogP contribution in [0.3, 0.4) is 0 Å². The van der Waals surface area contributed by atoms with E-state index in [1.807, 2.05) is 25.1 Å². The van der Waals surface area contributed by atoms with Crippen molar-refractivity contribution in [3.8, 4) is 0 Å². The highest BCUT2D eigenvalue weighted by atomic mass is 79.9. The summed E-state index contributed by atoms with van der Waals surface area (Å²) in [5.74, 6) is -0.225. The van der Waals surface area contributed by atoms with E-state index in [-0.39, 0.29) is 11.9 Å². The van der Waals surface area contributed by atoms with Crippen LogP contribution in [-0.2, 0) is 6.42 Å². The minimum absolute atomic E-state index is 0.0896. The van der Waals surface area contributed by atoms with E-state index in [1.165, 1.54) is 10.9 Å². The zero-order valence-electron chi connectivity index (χ0n) is 10.4. The third kappa shape index (κ3) is 4.28. The van der Waals surface area contributed by atoms with Gasteiger partial charge in [0, 0.05) is 21.8 Å². The molecule has 1 aromatic heterocycles. The number of thiophene rings is 1. The van der Waals surface area contributed by atoms with Crippen molar-refractivity contribution in [1.82, 2.24) is 5.32 Å². The number of benzene rings is 1. The largest absolute Gasteiger partial charge is 0.310 e. The summed E-state index contributed by atoms with van der Waals surface area (Å²) in [4.78, 5) is 1.19. The molecule has 0 aliphatic heterocycles. The van der Waals surface area contributed by atoms with Crippen molar-refractivity contribution in [2.75, 3.05) is 6.54 Å². The molecule has 0 aliphatic rings. The molecule has 2 rings (SSSR count). The SMILES string of the molecule is CCNC(Cc1ccc(Cl)s1)c1cc(F)cc(Br)c1. The smallest absolute Gasteiger partial charge is 0.124 e. The van der Waals surface area contributed by atoms with Crippen LogP contribution in [0.5, 0.6) is 0 Å². The summed E-state index contributed by atoms with van der Waals surface area (Å²) in [6.07, 6.45) is 0.807. The van der Waals surface area contributed by atoms with Gasteiger partial charge in [0.25, 0.3) is 0 Å². The molecular formula is C14H14BrClFNS. The monoisotopic (exact) mass is 361 g/mol. The maximum absolute atomic E-state index is 13.5. The van der Waals surface area contributed by atoms with Gasteiger partial charge in [-0.3, -0.25) is 0 Å². The lowest BCUT2D eigenvalue weighted by Gasteiger charge is -2.18. The Morgan fingerprint density at radius 3 is 2.74 bits per heavy atom. The Bertz CT molecular complexity index is 538. The number of rotatable bonds is 5. The first-order chi connectivity index (χ1) is 9.08. The molecule has 5 heteroatoms. The minimum atomic E-state index is -0.225. The van der Waals surface area contributed by atoms with Gasteiger partial charge in [-0.15, -0.1) is 11.3 Å². The van der Waals surface area contributed by atoms with Crippen LogP contribution in [0.1, 0.15) is 23.4 Å². The molecule has 1 nitrogen and oxygen atoms in total. The summed E-state index contributed by atoms with van der Waals surface area (Å²) in [5.41, 5.74) is 0.943. The van der Waals surface area contributed by atoms with Crippen LogP contribution in [0, 0.1) is 5.82 Å². The van der Waals surface area contributed by atoms with Crippen molar-refractivity contribution in [2.45, 2.75) is 19.4 Å². The van der Waals surface area contributed by atoms with Crippen molar-refractivity contribution in [3.63, 3.8) is 0 Å². The molecule has 1 atom stereocenters. The first-order valence-corrected chi connectivity index (χ1v) is 8.01. The van der Waals surface area contributed by atoms with Crippen LogP contribution in [0.2, 0.25) is 4.34 Å². The fourth-order valence-corrected chi connectivity index (χ4v) is 3.61. The molecule has 1 unspecified atom stereocenters. The third-order valence-corrected chi connectivity index (χ3v) is 4.48. The number of likely N-dealkylation sites (N-methyl/N-ethyl adjacent to an activating group) is 1. The lowest BCUT2D eigenvalue weighted by atomic mass is 10.0. The van der Waals surface area contributed by atoms with Gasteiger partial charge in [0.05, 0.1) is 4.34 Å². The fourth-order valence-electron chi connectivity index (χ4n) is 1.99. The van der Waals surface area contributed by atoms with Gasteiger partial charge >= 0.3 is 0 Å². The van der Waals surface area contributed by atoms with Crippen molar-refractivity contribution in [2.24, 2.45) is 0 Å². The first-order valence-electron chi connectivity index (χ1n) is 6.02. The number of hydrogen-bond donors (Lipinski definition) is 1. The second-order valence-corrected chi connectivity index (χ2v) is 6.94.